The van der Waals surface area contributed by atoms with E-state index in [1.165, 1.54) is 12.1 Å². The van der Waals surface area contributed by atoms with Crippen LogP contribution < -0.4 is 10.1 Å². The molecule has 1 atom stereocenters. The Kier molecular flexibility index (Phi) is 5.09. The summed E-state index contributed by atoms with van der Waals surface area (Å²) < 4.78 is 18.9. The van der Waals surface area contributed by atoms with Crippen LogP contribution in [-0.4, -0.2) is 18.8 Å². The van der Waals surface area contributed by atoms with Gasteiger partial charge in [-0.05, 0) is 30.3 Å². The van der Waals surface area contributed by atoms with Gasteiger partial charge in [-0.15, -0.1) is 0 Å². The second-order valence-electron chi connectivity index (χ2n) is 4.56. The molecule has 0 spiro atoms. The quantitative estimate of drug-likeness (QED) is 0.851. The van der Waals surface area contributed by atoms with Gasteiger partial charge >= 0.3 is 0 Å². The zero-order chi connectivity index (χ0) is 14.4. The Balaban J connectivity index is 2.00. The molecular weight excluding hydrogens is 257 g/mol. The van der Waals surface area contributed by atoms with Crippen molar-refractivity contribution in [1.82, 2.24) is 5.32 Å². The van der Waals surface area contributed by atoms with E-state index in [4.69, 9.17) is 4.74 Å². The van der Waals surface area contributed by atoms with Crippen LogP contribution in [-0.2, 0) is 6.54 Å². The van der Waals surface area contributed by atoms with Crippen LogP contribution in [0.2, 0.25) is 0 Å². The summed E-state index contributed by atoms with van der Waals surface area (Å²) in [7, 11) is 1.80. The predicted molar refractivity (Wildman–Crippen MR) is 76.1 cm³/mol. The maximum absolute atomic E-state index is 13.4. The van der Waals surface area contributed by atoms with Crippen molar-refractivity contribution in [3.63, 3.8) is 0 Å². The summed E-state index contributed by atoms with van der Waals surface area (Å²) >= 11 is 0. The zero-order valence-electron chi connectivity index (χ0n) is 11.3. The summed E-state index contributed by atoms with van der Waals surface area (Å²) in [5, 5.41) is 13.0. The fourth-order valence-electron chi connectivity index (χ4n) is 1.96. The minimum atomic E-state index is -0.729. The minimum absolute atomic E-state index is 0.0897. The minimum Gasteiger partial charge on any atom is -0.490 e. The highest BCUT2D eigenvalue weighted by Crippen LogP contribution is 2.19. The molecular formula is C16H18FNO2. The van der Waals surface area contributed by atoms with Crippen LogP contribution in [0.1, 0.15) is 17.2 Å². The molecule has 0 aliphatic rings. The Bertz CT molecular complexity index is 545. The molecule has 2 rings (SSSR count). The number of aliphatic hydroxyl groups excluding tert-OH is 1. The van der Waals surface area contributed by atoms with E-state index in [0.717, 1.165) is 11.1 Å². The maximum Gasteiger partial charge on any atom is 0.127 e. The van der Waals surface area contributed by atoms with Crippen molar-refractivity contribution in [3.05, 3.63) is 65.5 Å². The van der Waals surface area contributed by atoms with Gasteiger partial charge in [-0.1, -0.05) is 30.3 Å². The third-order valence-electron chi connectivity index (χ3n) is 2.90. The third kappa shape index (κ3) is 4.05. The van der Waals surface area contributed by atoms with Crippen LogP contribution >= 0.6 is 0 Å². The maximum atomic E-state index is 13.4. The lowest BCUT2D eigenvalue weighted by Crippen LogP contribution is -2.10. The molecule has 106 valence electrons. The van der Waals surface area contributed by atoms with Gasteiger partial charge in [0.25, 0.3) is 0 Å². The number of rotatable bonds is 6. The van der Waals surface area contributed by atoms with E-state index in [0.29, 0.717) is 12.3 Å². The van der Waals surface area contributed by atoms with Crippen LogP contribution in [0.5, 0.6) is 5.75 Å². The Morgan fingerprint density at radius 1 is 1.20 bits per heavy atom. The summed E-state index contributed by atoms with van der Waals surface area (Å²) in [6, 6.07) is 13.8. The van der Waals surface area contributed by atoms with Crippen molar-refractivity contribution in [2.45, 2.75) is 12.6 Å². The van der Waals surface area contributed by atoms with E-state index < -0.39 is 6.10 Å². The smallest absolute Gasteiger partial charge is 0.127 e. The second-order valence-corrected chi connectivity index (χ2v) is 4.56. The van der Waals surface area contributed by atoms with E-state index in [1.54, 1.807) is 13.1 Å². The topological polar surface area (TPSA) is 41.5 Å². The molecule has 0 heterocycles. The molecule has 20 heavy (non-hydrogen) atoms. The average Bonchev–Trinajstić information content (AvgIpc) is 2.45. The van der Waals surface area contributed by atoms with Gasteiger partial charge < -0.3 is 15.2 Å². The van der Waals surface area contributed by atoms with Gasteiger partial charge in [0.05, 0.1) is 0 Å². The number of ether oxygens (including phenoxy) is 1. The first-order valence-corrected chi connectivity index (χ1v) is 6.49. The lowest BCUT2D eigenvalue weighted by Gasteiger charge is -2.13. The molecule has 0 saturated heterocycles. The molecule has 0 saturated carbocycles. The molecule has 4 heteroatoms. The van der Waals surface area contributed by atoms with Gasteiger partial charge in [-0.25, -0.2) is 4.39 Å². The number of benzene rings is 2. The van der Waals surface area contributed by atoms with Crippen LogP contribution in [0.4, 0.5) is 4.39 Å². The van der Waals surface area contributed by atoms with Crippen molar-refractivity contribution in [1.29, 1.82) is 0 Å². The highest BCUT2D eigenvalue weighted by atomic mass is 19.1. The van der Waals surface area contributed by atoms with E-state index in [-0.39, 0.29) is 12.4 Å². The highest BCUT2D eigenvalue weighted by Gasteiger charge is 2.09. The first-order chi connectivity index (χ1) is 9.69. The van der Waals surface area contributed by atoms with E-state index in [2.05, 4.69) is 5.32 Å². The van der Waals surface area contributed by atoms with Gasteiger partial charge in [0.2, 0.25) is 0 Å². The molecule has 0 aliphatic carbocycles. The van der Waals surface area contributed by atoms with Crippen LogP contribution in [0.3, 0.4) is 0 Å². The fourth-order valence-corrected chi connectivity index (χ4v) is 1.96. The van der Waals surface area contributed by atoms with Gasteiger partial charge in [0.15, 0.2) is 0 Å². The number of halogens is 1. The lowest BCUT2D eigenvalue weighted by atomic mass is 10.1. The zero-order valence-corrected chi connectivity index (χ0v) is 11.3. The van der Waals surface area contributed by atoms with Crippen LogP contribution in [0, 0.1) is 5.82 Å². The van der Waals surface area contributed by atoms with Crippen molar-refractivity contribution < 1.29 is 14.2 Å². The molecule has 2 aromatic rings. The van der Waals surface area contributed by atoms with Crippen LogP contribution in [0.15, 0.2) is 48.5 Å². The largest absolute Gasteiger partial charge is 0.490 e. The van der Waals surface area contributed by atoms with Gasteiger partial charge in [0.1, 0.15) is 24.3 Å². The summed E-state index contributed by atoms with van der Waals surface area (Å²) in [5.41, 5.74) is 1.58. The normalized spacial score (nSPS) is 12.2. The van der Waals surface area contributed by atoms with Crippen molar-refractivity contribution in [2.75, 3.05) is 13.7 Å². The van der Waals surface area contributed by atoms with Gasteiger partial charge in [-0.2, -0.15) is 0 Å². The number of nitrogens with one attached hydrogen (secondary N) is 1. The Morgan fingerprint density at radius 2 is 1.95 bits per heavy atom. The molecule has 0 amide bonds. The first-order valence-electron chi connectivity index (χ1n) is 6.49. The number of hydrogen-bond acceptors (Lipinski definition) is 3. The molecule has 0 aromatic heterocycles. The van der Waals surface area contributed by atoms with E-state index in [1.807, 2.05) is 30.3 Å². The third-order valence-corrected chi connectivity index (χ3v) is 2.90. The molecule has 2 N–H and O–H groups in total. The number of hydrogen-bond donors (Lipinski definition) is 2. The lowest BCUT2D eigenvalue weighted by molar-refractivity contribution is 0.108. The Hall–Kier alpha value is -1.91. The predicted octanol–water partition coefficient (Wildman–Crippen LogP) is 2.66. The van der Waals surface area contributed by atoms with E-state index in [9.17, 15) is 9.50 Å². The second kappa shape index (κ2) is 7.03. The summed E-state index contributed by atoms with van der Waals surface area (Å²) in [5.74, 6) is 0.0761. The molecule has 0 aliphatic heterocycles. The first kappa shape index (κ1) is 14.5. The summed E-state index contributed by atoms with van der Waals surface area (Å²) in [6.07, 6.45) is -0.729. The number of aliphatic hydroxyl groups is 1. The summed E-state index contributed by atoms with van der Waals surface area (Å²) in [6.45, 7) is 0.655. The SMILES string of the molecule is CNCc1cc(F)cc(OCC(O)c2ccccc2)c1. The van der Waals surface area contributed by atoms with E-state index >= 15 is 0 Å². The van der Waals surface area contributed by atoms with Gasteiger partial charge in [0, 0.05) is 12.6 Å². The molecule has 0 bridgehead atoms. The molecule has 0 radical (unpaired) electrons. The Labute approximate surface area is 118 Å². The monoisotopic (exact) mass is 275 g/mol. The summed E-state index contributed by atoms with van der Waals surface area (Å²) in [4.78, 5) is 0. The van der Waals surface area contributed by atoms with Crippen molar-refractivity contribution >= 4 is 0 Å². The van der Waals surface area contributed by atoms with Crippen LogP contribution in [0.25, 0.3) is 0 Å². The average molecular weight is 275 g/mol. The molecule has 3 nitrogen and oxygen atoms in total. The molecule has 2 aromatic carbocycles. The molecule has 1 unspecified atom stereocenters. The van der Waals surface area contributed by atoms with Crippen molar-refractivity contribution in [3.8, 4) is 5.75 Å². The standard InChI is InChI=1S/C16H18FNO2/c1-18-10-12-7-14(17)9-15(8-12)20-11-16(19)13-5-3-2-4-6-13/h2-9,16,18-19H,10-11H2,1H3. The highest BCUT2D eigenvalue weighted by molar-refractivity contribution is 5.30. The Morgan fingerprint density at radius 3 is 2.65 bits per heavy atom. The molecule has 0 fully saturated rings. The fraction of sp³-hybridized carbons (Fsp3) is 0.250. The van der Waals surface area contributed by atoms with Gasteiger partial charge in [-0.3, -0.25) is 0 Å². The van der Waals surface area contributed by atoms with Crippen molar-refractivity contribution in [2.24, 2.45) is 0 Å².